The maximum Gasteiger partial charge on any atom is 0.104 e. The molecule has 0 amide bonds. The van der Waals surface area contributed by atoms with Crippen LogP contribution in [0, 0.1) is 5.41 Å². The van der Waals surface area contributed by atoms with Gasteiger partial charge in [-0.25, -0.2) is 13.2 Å². The molecule has 1 aromatic carbocycles. The molecule has 1 rings (SSSR count). The third-order valence-corrected chi connectivity index (χ3v) is 2.55. The van der Waals surface area contributed by atoms with E-state index in [4.69, 9.17) is 11.6 Å². The smallest absolute Gasteiger partial charge is 0.104 e. The normalized spacial score (nSPS) is 12.2. The predicted octanol–water partition coefficient (Wildman–Crippen LogP) is 4.25. The summed E-state index contributed by atoms with van der Waals surface area (Å²) in [4.78, 5) is 0. The summed E-state index contributed by atoms with van der Waals surface area (Å²) in [5, 5.41) is 0.574. The van der Waals surface area contributed by atoms with Crippen LogP contribution >= 0.6 is 11.6 Å². The molecular weight excluding hydrogens is 237 g/mol. The molecule has 0 aliphatic carbocycles. The molecule has 0 N–H and O–H groups in total. The Labute approximate surface area is 97.7 Å². The zero-order chi connectivity index (χ0) is 12.0. The Morgan fingerprint density at radius 3 is 1.94 bits per heavy atom. The highest BCUT2D eigenvalue weighted by Crippen LogP contribution is 2.23. The minimum atomic E-state index is -1.64. The molecule has 0 unspecified atom stereocenters. The average molecular weight is 249 g/mol. The molecule has 1 aromatic rings. The van der Waals surface area contributed by atoms with E-state index < -0.39 is 25.4 Å². The number of alkyl halides is 3. The minimum absolute atomic E-state index is 0.574. The van der Waals surface area contributed by atoms with Gasteiger partial charge in [-0.1, -0.05) is 35.9 Å². The topological polar surface area (TPSA) is 0 Å². The molecule has 0 aliphatic heterocycles. The summed E-state index contributed by atoms with van der Waals surface area (Å²) in [5.41, 5.74) is -0.913. The van der Waals surface area contributed by atoms with E-state index in [9.17, 15) is 13.2 Å². The van der Waals surface area contributed by atoms with Crippen molar-refractivity contribution in [2.45, 2.75) is 0 Å². The first-order chi connectivity index (χ1) is 7.65. The molecule has 0 nitrogen and oxygen atoms in total. The van der Waals surface area contributed by atoms with Gasteiger partial charge >= 0.3 is 0 Å². The van der Waals surface area contributed by atoms with Gasteiger partial charge in [-0.2, -0.15) is 0 Å². The van der Waals surface area contributed by atoms with E-state index in [0.29, 0.717) is 5.02 Å². The van der Waals surface area contributed by atoms with Gasteiger partial charge in [0, 0.05) is 5.02 Å². The molecular formula is C12H12ClF3. The quantitative estimate of drug-likeness (QED) is 0.731. The third kappa shape index (κ3) is 3.27. The molecule has 0 aliphatic rings. The minimum Gasteiger partial charge on any atom is -0.250 e. The lowest BCUT2D eigenvalue weighted by atomic mass is 9.92. The van der Waals surface area contributed by atoms with Gasteiger partial charge in [0.15, 0.2) is 0 Å². The van der Waals surface area contributed by atoms with E-state index in [1.165, 1.54) is 12.2 Å². The molecule has 0 aromatic heterocycles. The molecule has 0 saturated carbocycles. The van der Waals surface area contributed by atoms with Crippen molar-refractivity contribution in [3.63, 3.8) is 0 Å². The fraction of sp³-hybridized carbons (Fsp3) is 0.333. The lowest BCUT2D eigenvalue weighted by Gasteiger charge is -2.19. The third-order valence-electron chi connectivity index (χ3n) is 2.30. The van der Waals surface area contributed by atoms with Crippen molar-refractivity contribution in [1.82, 2.24) is 0 Å². The van der Waals surface area contributed by atoms with Crippen LogP contribution < -0.4 is 0 Å². The fourth-order valence-electron chi connectivity index (χ4n) is 1.09. The van der Waals surface area contributed by atoms with Crippen LogP contribution in [0.2, 0.25) is 5.02 Å². The molecule has 4 heteroatoms. The molecule has 0 radical (unpaired) electrons. The summed E-state index contributed by atoms with van der Waals surface area (Å²) in [6, 6.07) is 6.70. The highest BCUT2D eigenvalue weighted by atomic mass is 35.5. The monoisotopic (exact) mass is 248 g/mol. The van der Waals surface area contributed by atoms with E-state index in [2.05, 4.69) is 0 Å². The maximum absolute atomic E-state index is 12.5. The van der Waals surface area contributed by atoms with Crippen molar-refractivity contribution in [3.05, 3.63) is 40.9 Å². The van der Waals surface area contributed by atoms with Crippen LogP contribution in [0.4, 0.5) is 13.2 Å². The van der Waals surface area contributed by atoms with Crippen molar-refractivity contribution in [2.75, 3.05) is 20.0 Å². The Bertz CT molecular complexity index is 334. The van der Waals surface area contributed by atoms with Crippen LogP contribution in [0.3, 0.4) is 0 Å². The largest absolute Gasteiger partial charge is 0.250 e. The summed E-state index contributed by atoms with van der Waals surface area (Å²) < 4.78 is 37.6. The number of hydrogen-bond donors (Lipinski definition) is 0. The number of rotatable bonds is 5. The Morgan fingerprint density at radius 1 is 1.00 bits per heavy atom. The molecule has 16 heavy (non-hydrogen) atoms. The Hall–Kier alpha value is -0.960. The molecule has 0 heterocycles. The van der Waals surface area contributed by atoms with Crippen LogP contribution in [0.15, 0.2) is 30.3 Å². The van der Waals surface area contributed by atoms with Crippen molar-refractivity contribution in [1.29, 1.82) is 0 Å². The number of benzene rings is 1. The summed E-state index contributed by atoms with van der Waals surface area (Å²) in [6.45, 7) is -3.15. The summed E-state index contributed by atoms with van der Waals surface area (Å²) in [6.07, 6.45) is 2.73. The first kappa shape index (κ1) is 13.1. The van der Waals surface area contributed by atoms with Crippen LogP contribution in [-0.2, 0) is 0 Å². The first-order valence-corrected chi connectivity index (χ1v) is 5.16. The number of hydrogen-bond acceptors (Lipinski definition) is 0. The summed E-state index contributed by atoms with van der Waals surface area (Å²) in [7, 11) is 0. The average Bonchev–Trinajstić information content (AvgIpc) is 2.34. The summed E-state index contributed by atoms with van der Waals surface area (Å²) >= 11 is 5.68. The Morgan fingerprint density at radius 2 is 1.50 bits per heavy atom. The zero-order valence-electron chi connectivity index (χ0n) is 8.60. The van der Waals surface area contributed by atoms with Gasteiger partial charge in [0.2, 0.25) is 0 Å². The zero-order valence-corrected chi connectivity index (χ0v) is 9.35. The van der Waals surface area contributed by atoms with E-state index in [1.54, 1.807) is 24.3 Å². The van der Waals surface area contributed by atoms with Crippen LogP contribution in [0.25, 0.3) is 6.08 Å². The fourth-order valence-corrected chi connectivity index (χ4v) is 1.21. The Kier molecular flexibility index (Phi) is 4.87. The standard InChI is InChI=1S/C12H12ClF3/c13-11-3-1-10(2-4-11)5-6-12(7-14,8-15)9-16/h1-6H,7-9H2/b6-5+. The van der Waals surface area contributed by atoms with Crippen LogP contribution in [0.5, 0.6) is 0 Å². The van der Waals surface area contributed by atoms with Gasteiger partial charge in [0.1, 0.15) is 20.0 Å². The highest BCUT2D eigenvalue weighted by Gasteiger charge is 2.27. The lowest BCUT2D eigenvalue weighted by Crippen LogP contribution is -2.25. The lowest BCUT2D eigenvalue weighted by molar-refractivity contribution is 0.164. The molecule has 0 bridgehead atoms. The molecule has 0 saturated heterocycles. The van der Waals surface area contributed by atoms with E-state index >= 15 is 0 Å². The van der Waals surface area contributed by atoms with Crippen molar-refractivity contribution in [2.24, 2.45) is 5.41 Å². The van der Waals surface area contributed by atoms with Crippen LogP contribution in [-0.4, -0.2) is 20.0 Å². The first-order valence-electron chi connectivity index (χ1n) is 4.78. The SMILES string of the molecule is FCC(/C=C/c1ccc(Cl)cc1)(CF)CF. The summed E-state index contributed by atoms with van der Waals surface area (Å²) in [5.74, 6) is 0. The van der Waals surface area contributed by atoms with Gasteiger partial charge in [0.25, 0.3) is 0 Å². The van der Waals surface area contributed by atoms with Gasteiger partial charge in [-0.05, 0) is 17.7 Å². The van der Waals surface area contributed by atoms with Crippen molar-refractivity contribution in [3.8, 4) is 0 Å². The second kappa shape index (κ2) is 5.94. The maximum atomic E-state index is 12.5. The highest BCUT2D eigenvalue weighted by molar-refractivity contribution is 6.30. The van der Waals surface area contributed by atoms with Crippen molar-refractivity contribution >= 4 is 17.7 Å². The second-order valence-electron chi connectivity index (χ2n) is 3.65. The number of allylic oxidation sites excluding steroid dienone is 1. The number of halogens is 4. The van der Waals surface area contributed by atoms with Crippen molar-refractivity contribution < 1.29 is 13.2 Å². The van der Waals surface area contributed by atoms with Gasteiger partial charge in [-0.3, -0.25) is 0 Å². The van der Waals surface area contributed by atoms with E-state index in [-0.39, 0.29) is 0 Å². The Balaban J connectivity index is 2.82. The van der Waals surface area contributed by atoms with Gasteiger partial charge in [-0.15, -0.1) is 0 Å². The van der Waals surface area contributed by atoms with E-state index in [0.717, 1.165) is 5.56 Å². The molecule has 0 fully saturated rings. The van der Waals surface area contributed by atoms with Gasteiger partial charge in [0.05, 0.1) is 5.41 Å². The second-order valence-corrected chi connectivity index (χ2v) is 4.08. The van der Waals surface area contributed by atoms with Gasteiger partial charge < -0.3 is 0 Å². The predicted molar refractivity (Wildman–Crippen MR) is 60.8 cm³/mol. The molecule has 88 valence electrons. The molecule has 0 spiro atoms. The van der Waals surface area contributed by atoms with Crippen LogP contribution in [0.1, 0.15) is 5.56 Å². The van der Waals surface area contributed by atoms with E-state index in [1.807, 2.05) is 0 Å². The molecule has 0 atom stereocenters.